The second kappa shape index (κ2) is 8.66. The third kappa shape index (κ3) is 4.72. The van der Waals surface area contributed by atoms with Crippen molar-refractivity contribution in [2.75, 3.05) is 5.75 Å². The van der Waals surface area contributed by atoms with Crippen molar-refractivity contribution in [1.82, 2.24) is 29.9 Å². The summed E-state index contributed by atoms with van der Waals surface area (Å²) in [5.74, 6) is 0.286. The number of amides is 1. The van der Waals surface area contributed by atoms with Crippen molar-refractivity contribution in [1.29, 1.82) is 0 Å². The second-order valence-corrected chi connectivity index (χ2v) is 7.09. The molecule has 3 rings (SSSR count). The van der Waals surface area contributed by atoms with Crippen molar-refractivity contribution in [2.24, 2.45) is 0 Å². The van der Waals surface area contributed by atoms with E-state index in [-0.39, 0.29) is 11.9 Å². The number of nitrogens with one attached hydrogen (secondary N) is 1. The van der Waals surface area contributed by atoms with Gasteiger partial charge in [0, 0.05) is 25.0 Å². The van der Waals surface area contributed by atoms with Crippen molar-refractivity contribution in [3.8, 4) is 0 Å². The average Bonchev–Trinajstić information content (AvgIpc) is 3.30. The van der Waals surface area contributed by atoms with Crippen LogP contribution in [0.1, 0.15) is 31.0 Å². The zero-order chi connectivity index (χ0) is 18.4. The Kier molecular flexibility index (Phi) is 6.06. The van der Waals surface area contributed by atoms with Crippen LogP contribution in [0.4, 0.5) is 0 Å². The maximum Gasteiger partial charge on any atom is 0.230 e. The number of aromatic nitrogens is 5. The van der Waals surface area contributed by atoms with E-state index in [1.165, 1.54) is 11.8 Å². The van der Waals surface area contributed by atoms with Gasteiger partial charge in [0.15, 0.2) is 5.16 Å². The van der Waals surface area contributed by atoms with E-state index in [0.717, 1.165) is 16.3 Å². The molecule has 0 fully saturated rings. The molecule has 0 spiro atoms. The fraction of sp³-hybridized carbons (Fsp3) is 0.333. The highest BCUT2D eigenvalue weighted by Gasteiger charge is 2.11. The highest BCUT2D eigenvalue weighted by molar-refractivity contribution is 7.99. The molecule has 1 aromatic carbocycles. The lowest BCUT2D eigenvalue weighted by atomic mass is 10.1. The molecule has 3 aromatic rings. The van der Waals surface area contributed by atoms with Crippen LogP contribution in [-0.2, 0) is 17.9 Å². The number of hydrogen-bond donors (Lipinski definition) is 1. The van der Waals surface area contributed by atoms with E-state index < -0.39 is 0 Å². The number of hydrogen-bond acceptors (Lipinski definition) is 5. The number of carbonyl (C=O) groups excluding carboxylic acids is 1. The lowest BCUT2D eigenvalue weighted by Gasteiger charge is -2.11. The summed E-state index contributed by atoms with van der Waals surface area (Å²) in [6.45, 7) is 5.30. The first kappa shape index (κ1) is 18.2. The van der Waals surface area contributed by atoms with Crippen LogP contribution < -0.4 is 5.32 Å². The largest absolute Gasteiger partial charge is 0.351 e. The molecule has 0 atom stereocenters. The van der Waals surface area contributed by atoms with Gasteiger partial charge in [-0.2, -0.15) is 5.10 Å². The predicted molar refractivity (Wildman–Crippen MR) is 101 cm³/mol. The van der Waals surface area contributed by atoms with E-state index in [1.807, 2.05) is 39.7 Å². The Morgan fingerprint density at radius 3 is 2.77 bits per heavy atom. The Labute approximate surface area is 156 Å². The first-order valence-corrected chi connectivity index (χ1v) is 9.45. The van der Waals surface area contributed by atoms with E-state index in [2.05, 4.69) is 40.5 Å². The minimum Gasteiger partial charge on any atom is -0.351 e. The molecular weight excluding hydrogens is 348 g/mol. The summed E-state index contributed by atoms with van der Waals surface area (Å²) >= 11 is 1.40. The summed E-state index contributed by atoms with van der Waals surface area (Å²) < 4.78 is 3.83. The number of benzene rings is 1. The molecule has 2 aromatic heterocycles. The maximum atomic E-state index is 12.2. The number of thioether (sulfide) groups is 1. The number of rotatable bonds is 8. The molecule has 136 valence electrons. The molecule has 0 aliphatic carbocycles. The Balaban J connectivity index is 1.54. The van der Waals surface area contributed by atoms with Crippen LogP contribution >= 0.6 is 11.8 Å². The molecule has 0 unspecified atom stereocenters. The highest BCUT2D eigenvalue weighted by Crippen LogP contribution is 2.18. The Morgan fingerprint density at radius 1 is 1.23 bits per heavy atom. The van der Waals surface area contributed by atoms with E-state index in [0.29, 0.717) is 18.8 Å². The van der Waals surface area contributed by atoms with Crippen molar-refractivity contribution in [3.63, 3.8) is 0 Å². The lowest BCUT2D eigenvalue weighted by molar-refractivity contribution is -0.118. The molecule has 0 aliphatic heterocycles. The zero-order valence-corrected chi connectivity index (χ0v) is 15.7. The van der Waals surface area contributed by atoms with Crippen LogP contribution in [0, 0.1) is 0 Å². The van der Waals surface area contributed by atoms with Crippen LogP contribution in [0.15, 0.2) is 54.2 Å². The number of carbonyl (C=O) groups is 1. The summed E-state index contributed by atoms with van der Waals surface area (Å²) in [4.78, 5) is 12.2. The van der Waals surface area contributed by atoms with Crippen LogP contribution in [0.5, 0.6) is 0 Å². The van der Waals surface area contributed by atoms with Gasteiger partial charge in [-0.15, -0.1) is 10.2 Å². The molecular formula is C18H22N6OS. The van der Waals surface area contributed by atoms with E-state index in [9.17, 15) is 4.79 Å². The standard InChI is InChI=1S/C18H22N6OS/c1-14(2)24-13-20-22-18(24)26-12-17(25)19-10-15-6-3-4-7-16(15)11-23-9-5-8-21-23/h3-9,13-14H,10-12H2,1-2H3,(H,19,25). The molecule has 0 saturated heterocycles. The second-order valence-electron chi connectivity index (χ2n) is 6.15. The maximum absolute atomic E-state index is 12.2. The van der Waals surface area contributed by atoms with Crippen LogP contribution in [-0.4, -0.2) is 36.2 Å². The number of nitrogens with zero attached hydrogens (tertiary/aromatic N) is 5. The van der Waals surface area contributed by atoms with Gasteiger partial charge >= 0.3 is 0 Å². The van der Waals surface area contributed by atoms with E-state index in [4.69, 9.17) is 0 Å². The minimum atomic E-state index is -0.0257. The summed E-state index contributed by atoms with van der Waals surface area (Å²) in [7, 11) is 0. The Bertz CT molecular complexity index is 843. The molecule has 2 heterocycles. The van der Waals surface area contributed by atoms with Gasteiger partial charge in [0.25, 0.3) is 0 Å². The van der Waals surface area contributed by atoms with Gasteiger partial charge in [0.1, 0.15) is 6.33 Å². The fourth-order valence-electron chi connectivity index (χ4n) is 2.52. The van der Waals surface area contributed by atoms with Gasteiger partial charge in [-0.05, 0) is 31.0 Å². The van der Waals surface area contributed by atoms with Crippen LogP contribution in [0.2, 0.25) is 0 Å². The molecule has 7 nitrogen and oxygen atoms in total. The fourth-order valence-corrected chi connectivity index (χ4v) is 3.39. The summed E-state index contributed by atoms with van der Waals surface area (Å²) in [6.07, 6.45) is 5.38. The van der Waals surface area contributed by atoms with Crippen molar-refractivity contribution in [2.45, 2.75) is 38.1 Å². The van der Waals surface area contributed by atoms with Crippen LogP contribution in [0.25, 0.3) is 0 Å². The van der Waals surface area contributed by atoms with Gasteiger partial charge in [-0.1, -0.05) is 36.0 Å². The van der Waals surface area contributed by atoms with E-state index in [1.54, 1.807) is 12.5 Å². The lowest BCUT2D eigenvalue weighted by Crippen LogP contribution is -2.25. The van der Waals surface area contributed by atoms with Gasteiger partial charge in [0.2, 0.25) is 5.91 Å². The monoisotopic (exact) mass is 370 g/mol. The van der Waals surface area contributed by atoms with Gasteiger partial charge in [0.05, 0.1) is 12.3 Å². The zero-order valence-electron chi connectivity index (χ0n) is 14.9. The quantitative estimate of drug-likeness (QED) is 0.617. The summed E-state index contributed by atoms with van der Waals surface area (Å²) in [6, 6.07) is 10.2. The third-order valence-corrected chi connectivity index (χ3v) is 4.87. The van der Waals surface area contributed by atoms with E-state index >= 15 is 0 Å². The van der Waals surface area contributed by atoms with Crippen molar-refractivity contribution in [3.05, 3.63) is 60.2 Å². The molecule has 1 amide bonds. The molecule has 26 heavy (non-hydrogen) atoms. The highest BCUT2D eigenvalue weighted by atomic mass is 32.2. The smallest absolute Gasteiger partial charge is 0.230 e. The molecule has 8 heteroatoms. The van der Waals surface area contributed by atoms with Gasteiger partial charge < -0.3 is 9.88 Å². The first-order valence-electron chi connectivity index (χ1n) is 8.46. The average molecular weight is 370 g/mol. The van der Waals surface area contributed by atoms with Gasteiger partial charge in [-0.25, -0.2) is 0 Å². The third-order valence-electron chi connectivity index (χ3n) is 3.91. The SMILES string of the molecule is CC(C)n1cnnc1SCC(=O)NCc1ccccc1Cn1cccn1. The minimum absolute atomic E-state index is 0.0257. The van der Waals surface area contributed by atoms with Crippen LogP contribution in [0.3, 0.4) is 0 Å². The Morgan fingerprint density at radius 2 is 2.04 bits per heavy atom. The normalized spacial score (nSPS) is 11.0. The first-order chi connectivity index (χ1) is 12.6. The molecule has 0 saturated carbocycles. The molecule has 0 bridgehead atoms. The summed E-state index contributed by atoms with van der Waals surface area (Å²) in [5.41, 5.74) is 2.23. The van der Waals surface area contributed by atoms with Gasteiger partial charge in [-0.3, -0.25) is 9.48 Å². The molecule has 1 N–H and O–H groups in total. The topological polar surface area (TPSA) is 77.6 Å². The van der Waals surface area contributed by atoms with Crippen molar-refractivity contribution < 1.29 is 4.79 Å². The van der Waals surface area contributed by atoms with Crippen molar-refractivity contribution >= 4 is 17.7 Å². The summed E-state index contributed by atoms with van der Waals surface area (Å²) in [5, 5.41) is 16.0. The Hall–Kier alpha value is -2.61. The molecule has 0 radical (unpaired) electrons. The molecule has 0 aliphatic rings. The predicted octanol–water partition coefficient (Wildman–Crippen LogP) is 2.51.